The molecule has 1 atom stereocenters. The van der Waals surface area contributed by atoms with E-state index >= 15 is 0 Å². The Labute approximate surface area is 155 Å². The maximum absolute atomic E-state index is 12.1. The van der Waals surface area contributed by atoms with Crippen LogP contribution in [0.2, 0.25) is 5.02 Å². The number of hydrogen-bond donors (Lipinski definition) is 2. The normalized spacial score (nSPS) is 17.9. The lowest BCUT2D eigenvalue weighted by Crippen LogP contribution is -2.45. The van der Waals surface area contributed by atoms with E-state index in [1.165, 1.54) is 5.56 Å². The summed E-state index contributed by atoms with van der Waals surface area (Å²) < 4.78 is 0. The molecule has 25 heavy (non-hydrogen) atoms. The van der Waals surface area contributed by atoms with Crippen molar-refractivity contribution < 1.29 is 4.79 Å². The molecule has 1 aromatic rings. The average molecular weight is 365 g/mol. The molecule has 0 radical (unpaired) electrons. The first-order chi connectivity index (χ1) is 12.0. The van der Waals surface area contributed by atoms with Crippen LogP contribution in [0.1, 0.15) is 32.3 Å². The van der Waals surface area contributed by atoms with Crippen molar-refractivity contribution in [2.75, 3.05) is 26.7 Å². The maximum Gasteiger partial charge on any atom is 0.225 e. The minimum Gasteiger partial charge on any atom is -0.356 e. The van der Waals surface area contributed by atoms with Crippen molar-refractivity contribution in [3.63, 3.8) is 0 Å². The van der Waals surface area contributed by atoms with E-state index in [0.29, 0.717) is 0 Å². The van der Waals surface area contributed by atoms with Gasteiger partial charge in [0.1, 0.15) is 0 Å². The van der Waals surface area contributed by atoms with Crippen molar-refractivity contribution in [3.8, 4) is 0 Å². The van der Waals surface area contributed by atoms with Crippen LogP contribution in [0.5, 0.6) is 0 Å². The fraction of sp³-hybridized carbons (Fsp3) is 0.579. The quantitative estimate of drug-likeness (QED) is 0.463. The van der Waals surface area contributed by atoms with Crippen LogP contribution in [0.4, 0.5) is 0 Å². The molecule has 1 aliphatic rings. The van der Waals surface area contributed by atoms with Crippen molar-refractivity contribution >= 4 is 23.5 Å². The topological polar surface area (TPSA) is 56.7 Å². The van der Waals surface area contributed by atoms with Crippen molar-refractivity contribution in [2.24, 2.45) is 10.9 Å². The number of likely N-dealkylation sites (tertiary alicyclic amines) is 1. The summed E-state index contributed by atoms with van der Waals surface area (Å²) in [5, 5.41) is 7.59. The second-order valence-electron chi connectivity index (χ2n) is 6.76. The molecule has 2 rings (SSSR count). The van der Waals surface area contributed by atoms with Gasteiger partial charge in [0, 0.05) is 43.7 Å². The SMILES string of the molecule is CN=C(NCCCc1ccccc1Cl)NC1CCN(C(=O)C(C)C)C1. The number of hydrogen-bond acceptors (Lipinski definition) is 2. The summed E-state index contributed by atoms with van der Waals surface area (Å²) in [5.41, 5.74) is 1.17. The molecule has 138 valence electrons. The predicted molar refractivity (Wildman–Crippen MR) is 104 cm³/mol. The van der Waals surface area contributed by atoms with Gasteiger partial charge in [0.05, 0.1) is 0 Å². The number of benzene rings is 1. The van der Waals surface area contributed by atoms with Gasteiger partial charge in [0.2, 0.25) is 5.91 Å². The molecule has 1 unspecified atom stereocenters. The summed E-state index contributed by atoms with van der Waals surface area (Å²) in [6.07, 6.45) is 2.87. The van der Waals surface area contributed by atoms with E-state index < -0.39 is 0 Å². The zero-order valence-corrected chi connectivity index (χ0v) is 16.1. The van der Waals surface area contributed by atoms with Gasteiger partial charge in [0.25, 0.3) is 0 Å². The highest BCUT2D eigenvalue weighted by atomic mass is 35.5. The lowest BCUT2D eigenvalue weighted by atomic mass is 10.1. The lowest BCUT2D eigenvalue weighted by Gasteiger charge is -2.20. The fourth-order valence-corrected chi connectivity index (χ4v) is 3.25. The number of aryl methyl sites for hydroxylation is 1. The Morgan fingerprint density at radius 3 is 2.84 bits per heavy atom. The number of nitrogens with zero attached hydrogens (tertiary/aromatic N) is 2. The minimum atomic E-state index is 0.0565. The predicted octanol–water partition coefficient (Wildman–Crippen LogP) is 2.69. The number of aliphatic imine (C=N–C) groups is 1. The van der Waals surface area contributed by atoms with Gasteiger partial charge in [-0.15, -0.1) is 0 Å². The van der Waals surface area contributed by atoms with E-state index in [4.69, 9.17) is 11.6 Å². The second kappa shape index (κ2) is 9.66. The molecule has 1 aromatic carbocycles. The van der Waals surface area contributed by atoms with E-state index in [-0.39, 0.29) is 17.9 Å². The molecule has 0 bridgehead atoms. The van der Waals surface area contributed by atoms with Crippen molar-refractivity contribution in [3.05, 3.63) is 34.9 Å². The van der Waals surface area contributed by atoms with Crippen LogP contribution in [0.3, 0.4) is 0 Å². The van der Waals surface area contributed by atoms with Crippen LogP contribution < -0.4 is 10.6 Å². The highest BCUT2D eigenvalue weighted by Crippen LogP contribution is 2.16. The molecule has 2 N–H and O–H groups in total. The van der Waals surface area contributed by atoms with Crippen LogP contribution >= 0.6 is 11.6 Å². The molecule has 0 spiro atoms. The number of nitrogens with one attached hydrogen (secondary N) is 2. The summed E-state index contributed by atoms with van der Waals surface area (Å²) in [6.45, 7) is 6.28. The zero-order chi connectivity index (χ0) is 18.2. The number of rotatable bonds is 6. The maximum atomic E-state index is 12.1. The van der Waals surface area contributed by atoms with E-state index in [2.05, 4.69) is 21.7 Å². The first-order valence-corrected chi connectivity index (χ1v) is 9.38. The van der Waals surface area contributed by atoms with Crippen LogP contribution in [-0.4, -0.2) is 49.5 Å². The molecule has 1 heterocycles. The Kier molecular flexibility index (Phi) is 7.56. The molecule has 1 amide bonds. The number of amides is 1. The van der Waals surface area contributed by atoms with Crippen molar-refractivity contribution in [1.29, 1.82) is 0 Å². The van der Waals surface area contributed by atoms with Crippen LogP contribution in [-0.2, 0) is 11.2 Å². The van der Waals surface area contributed by atoms with E-state index in [9.17, 15) is 4.79 Å². The number of halogens is 1. The zero-order valence-electron chi connectivity index (χ0n) is 15.4. The first-order valence-electron chi connectivity index (χ1n) is 9.00. The lowest BCUT2D eigenvalue weighted by molar-refractivity contribution is -0.133. The Morgan fingerprint density at radius 1 is 1.40 bits per heavy atom. The van der Waals surface area contributed by atoms with Crippen LogP contribution in [0.15, 0.2) is 29.3 Å². The van der Waals surface area contributed by atoms with Crippen molar-refractivity contribution in [2.45, 2.75) is 39.2 Å². The molecular weight excluding hydrogens is 336 g/mol. The molecule has 5 nitrogen and oxygen atoms in total. The number of carbonyl (C=O) groups is 1. The van der Waals surface area contributed by atoms with Gasteiger partial charge in [-0.25, -0.2) is 0 Å². The van der Waals surface area contributed by atoms with Crippen molar-refractivity contribution in [1.82, 2.24) is 15.5 Å². The smallest absolute Gasteiger partial charge is 0.225 e. The van der Waals surface area contributed by atoms with Gasteiger partial charge >= 0.3 is 0 Å². The molecule has 0 aliphatic carbocycles. The Balaban J connectivity index is 1.71. The average Bonchev–Trinajstić information content (AvgIpc) is 3.06. The second-order valence-corrected chi connectivity index (χ2v) is 7.17. The molecule has 1 fully saturated rings. The van der Waals surface area contributed by atoms with Gasteiger partial charge in [-0.05, 0) is 30.9 Å². The highest BCUT2D eigenvalue weighted by Gasteiger charge is 2.27. The Hall–Kier alpha value is -1.75. The minimum absolute atomic E-state index is 0.0565. The molecule has 0 aromatic heterocycles. The van der Waals surface area contributed by atoms with Gasteiger partial charge in [-0.1, -0.05) is 43.6 Å². The summed E-state index contributed by atoms with van der Waals surface area (Å²) in [4.78, 5) is 18.3. The van der Waals surface area contributed by atoms with Gasteiger partial charge in [-0.2, -0.15) is 0 Å². The summed E-state index contributed by atoms with van der Waals surface area (Å²) in [6, 6.07) is 8.21. The highest BCUT2D eigenvalue weighted by molar-refractivity contribution is 6.31. The van der Waals surface area contributed by atoms with E-state index in [1.54, 1.807) is 7.05 Å². The molecule has 1 aliphatic heterocycles. The fourth-order valence-electron chi connectivity index (χ4n) is 3.02. The first kappa shape index (κ1) is 19.6. The Bertz CT molecular complexity index is 603. The number of carbonyl (C=O) groups excluding carboxylic acids is 1. The molecule has 0 saturated carbocycles. The summed E-state index contributed by atoms with van der Waals surface area (Å²) >= 11 is 6.18. The third kappa shape index (κ3) is 5.92. The third-order valence-corrected chi connectivity index (χ3v) is 4.80. The molecule has 6 heteroatoms. The molecule has 1 saturated heterocycles. The largest absolute Gasteiger partial charge is 0.356 e. The number of guanidine groups is 1. The standard InChI is InChI=1S/C19H29ClN4O/c1-14(2)18(25)24-12-10-16(13-24)23-19(21-3)22-11-6-8-15-7-4-5-9-17(15)20/h4-5,7,9,14,16H,6,8,10-13H2,1-3H3,(H2,21,22,23). The van der Waals surface area contributed by atoms with Crippen LogP contribution in [0.25, 0.3) is 0 Å². The van der Waals surface area contributed by atoms with E-state index in [1.807, 2.05) is 36.9 Å². The van der Waals surface area contributed by atoms with Crippen LogP contribution in [0, 0.1) is 5.92 Å². The van der Waals surface area contributed by atoms with Gasteiger partial charge in [-0.3, -0.25) is 9.79 Å². The third-order valence-electron chi connectivity index (χ3n) is 4.43. The van der Waals surface area contributed by atoms with Gasteiger partial charge in [0.15, 0.2) is 5.96 Å². The monoisotopic (exact) mass is 364 g/mol. The Morgan fingerprint density at radius 2 is 2.16 bits per heavy atom. The van der Waals surface area contributed by atoms with E-state index in [0.717, 1.165) is 49.9 Å². The summed E-state index contributed by atoms with van der Waals surface area (Å²) in [7, 11) is 1.77. The molecular formula is C19H29ClN4O. The van der Waals surface area contributed by atoms with Gasteiger partial charge < -0.3 is 15.5 Å². The summed E-state index contributed by atoms with van der Waals surface area (Å²) in [5.74, 6) is 1.08.